The molecule has 0 atom stereocenters. The van der Waals surface area contributed by atoms with Crippen molar-refractivity contribution in [2.24, 2.45) is 0 Å². The molecule has 0 spiro atoms. The van der Waals surface area contributed by atoms with E-state index in [1.807, 2.05) is 31.3 Å². The van der Waals surface area contributed by atoms with Gasteiger partial charge in [-0.05, 0) is 18.6 Å². The molecule has 0 saturated heterocycles. The SMILES string of the molecule is C=CCNc1cc(NCc2cccnc2)nc(C)n1. The van der Waals surface area contributed by atoms with Gasteiger partial charge in [0.25, 0.3) is 0 Å². The quantitative estimate of drug-likeness (QED) is 0.776. The van der Waals surface area contributed by atoms with Crippen LogP contribution in [0, 0.1) is 6.92 Å². The lowest BCUT2D eigenvalue weighted by molar-refractivity contribution is 1.01. The standard InChI is InChI=1S/C14H17N5/c1-3-6-16-13-8-14(19-11(2)18-13)17-10-12-5-4-7-15-9-12/h3-5,7-9H,1,6,10H2,2H3,(H2,16,17,18,19). The van der Waals surface area contributed by atoms with Crippen molar-refractivity contribution in [3.63, 3.8) is 0 Å². The molecule has 2 heterocycles. The highest BCUT2D eigenvalue weighted by molar-refractivity contribution is 5.48. The first kappa shape index (κ1) is 13.0. The minimum atomic E-state index is 0.679. The van der Waals surface area contributed by atoms with E-state index in [2.05, 4.69) is 32.2 Å². The lowest BCUT2D eigenvalue weighted by Crippen LogP contribution is -2.07. The Morgan fingerprint density at radius 1 is 1.26 bits per heavy atom. The molecular weight excluding hydrogens is 238 g/mol. The van der Waals surface area contributed by atoms with E-state index in [9.17, 15) is 0 Å². The molecule has 0 bridgehead atoms. The van der Waals surface area contributed by atoms with Gasteiger partial charge in [-0.1, -0.05) is 12.1 Å². The van der Waals surface area contributed by atoms with Gasteiger partial charge in [0.15, 0.2) is 0 Å². The van der Waals surface area contributed by atoms with Crippen LogP contribution in [0.2, 0.25) is 0 Å². The fraction of sp³-hybridized carbons (Fsp3) is 0.214. The number of nitrogens with zero attached hydrogens (tertiary/aromatic N) is 3. The molecule has 0 aliphatic heterocycles. The zero-order valence-electron chi connectivity index (χ0n) is 10.9. The first-order valence-electron chi connectivity index (χ1n) is 6.11. The Kier molecular flexibility index (Phi) is 4.44. The van der Waals surface area contributed by atoms with Gasteiger partial charge in [0.1, 0.15) is 17.5 Å². The topological polar surface area (TPSA) is 62.7 Å². The first-order chi connectivity index (χ1) is 9.28. The maximum Gasteiger partial charge on any atom is 0.132 e. The summed E-state index contributed by atoms with van der Waals surface area (Å²) in [5.74, 6) is 2.31. The van der Waals surface area contributed by atoms with E-state index in [1.54, 1.807) is 12.3 Å². The van der Waals surface area contributed by atoms with Crippen molar-refractivity contribution in [1.82, 2.24) is 15.0 Å². The number of rotatable bonds is 6. The second kappa shape index (κ2) is 6.49. The number of anilines is 2. The van der Waals surface area contributed by atoms with Gasteiger partial charge in [-0.25, -0.2) is 9.97 Å². The maximum atomic E-state index is 4.35. The van der Waals surface area contributed by atoms with Crippen LogP contribution in [0.3, 0.4) is 0 Å². The molecule has 0 aliphatic rings. The molecule has 5 heteroatoms. The lowest BCUT2D eigenvalue weighted by atomic mass is 10.3. The molecule has 0 saturated carbocycles. The molecule has 2 rings (SSSR count). The summed E-state index contributed by atoms with van der Waals surface area (Å²) in [6.07, 6.45) is 5.38. The molecule has 98 valence electrons. The predicted molar refractivity (Wildman–Crippen MR) is 77.0 cm³/mol. The Balaban J connectivity index is 2.03. The molecule has 0 radical (unpaired) electrons. The second-order valence-electron chi connectivity index (χ2n) is 4.07. The number of nitrogens with one attached hydrogen (secondary N) is 2. The highest BCUT2D eigenvalue weighted by Crippen LogP contribution is 2.12. The third-order valence-electron chi connectivity index (χ3n) is 2.46. The average molecular weight is 255 g/mol. The molecule has 0 unspecified atom stereocenters. The second-order valence-corrected chi connectivity index (χ2v) is 4.07. The molecule has 0 aromatic carbocycles. The predicted octanol–water partition coefficient (Wildman–Crippen LogP) is 2.39. The van der Waals surface area contributed by atoms with Crippen LogP contribution in [0.25, 0.3) is 0 Å². The maximum absolute atomic E-state index is 4.35. The Labute approximate surface area is 112 Å². The third-order valence-corrected chi connectivity index (χ3v) is 2.46. The monoisotopic (exact) mass is 255 g/mol. The average Bonchev–Trinajstić information content (AvgIpc) is 2.43. The lowest BCUT2D eigenvalue weighted by Gasteiger charge is -2.09. The van der Waals surface area contributed by atoms with Gasteiger partial charge >= 0.3 is 0 Å². The van der Waals surface area contributed by atoms with Crippen molar-refractivity contribution in [1.29, 1.82) is 0 Å². The van der Waals surface area contributed by atoms with Crippen LogP contribution in [0.5, 0.6) is 0 Å². The zero-order chi connectivity index (χ0) is 13.5. The van der Waals surface area contributed by atoms with E-state index in [4.69, 9.17) is 0 Å². The Hall–Kier alpha value is -2.43. The number of aryl methyl sites for hydroxylation is 1. The minimum absolute atomic E-state index is 0.679. The number of hydrogen-bond acceptors (Lipinski definition) is 5. The van der Waals surface area contributed by atoms with Gasteiger partial charge in [0.05, 0.1) is 0 Å². The Bertz CT molecular complexity index is 539. The largest absolute Gasteiger partial charge is 0.366 e. The smallest absolute Gasteiger partial charge is 0.132 e. The van der Waals surface area contributed by atoms with Gasteiger partial charge in [-0.15, -0.1) is 6.58 Å². The molecule has 2 aromatic rings. The van der Waals surface area contributed by atoms with Crippen LogP contribution in [-0.4, -0.2) is 21.5 Å². The summed E-state index contributed by atoms with van der Waals surface area (Å²) in [6.45, 7) is 6.90. The fourth-order valence-corrected chi connectivity index (χ4v) is 1.62. The summed E-state index contributed by atoms with van der Waals surface area (Å²) in [6, 6.07) is 5.82. The van der Waals surface area contributed by atoms with Gasteiger partial charge in [-0.3, -0.25) is 4.98 Å². The van der Waals surface area contributed by atoms with Crippen molar-refractivity contribution >= 4 is 11.6 Å². The fourth-order valence-electron chi connectivity index (χ4n) is 1.62. The molecule has 0 amide bonds. The van der Waals surface area contributed by atoms with Crippen molar-refractivity contribution in [3.8, 4) is 0 Å². The van der Waals surface area contributed by atoms with Crippen LogP contribution in [0.1, 0.15) is 11.4 Å². The molecule has 2 N–H and O–H groups in total. The summed E-state index contributed by atoms with van der Waals surface area (Å²) < 4.78 is 0. The molecule has 5 nitrogen and oxygen atoms in total. The Morgan fingerprint density at radius 3 is 2.74 bits per heavy atom. The summed E-state index contributed by atoms with van der Waals surface area (Å²) in [5, 5.41) is 6.41. The van der Waals surface area contributed by atoms with E-state index >= 15 is 0 Å². The molecular formula is C14H17N5. The van der Waals surface area contributed by atoms with E-state index in [-0.39, 0.29) is 0 Å². The molecule has 2 aromatic heterocycles. The van der Waals surface area contributed by atoms with Gasteiger partial charge in [0.2, 0.25) is 0 Å². The highest BCUT2D eigenvalue weighted by Gasteiger charge is 2.01. The van der Waals surface area contributed by atoms with Crippen molar-refractivity contribution in [3.05, 3.63) is 54.6 Å². The summed E-state index contributed by atoms with van der Waals surface area (Å²) >= 11 is 0. The normalized spacial score (nSPS) is 9.95. The van der Waals surface area contributed by atoms with Gasteiger partial charge < -0.3 is 10.6 Å². The van der Waals surface area contributed by atoms with E-state index in [1.165, 1.54) is 0 Å². The van der Waals surface area contributed by atoms with Crippen LogP contribution < -0.4 is 10.6 Å². The molecule has 19 heavy (non-hydrogen) atoms. The van der Waals surface area contributed by atoms with Gasteiger partial charge in [0, 0.05) is 31.5 Å². The number of pyridine rings is 1. The summed E-state index contributed by atoms with van der Waals surface area (Å²) in [7, 11) is 0. The summed E-state index contributed by atoms with van der Waals surface area (Å²) in [5.41, 5.74) is 1.11. The van der Waals surface area contributed by atoms with Crippen molar-refractivity contribution < 1.29 is 0 Å². The van der Waals surface area contributed by atoms with Crippen LogP contribution in [-0.2, 0) is 6.54 Å². The van der Waals surface area contributed by atoms with Crippen molar-refractivity contribution in [2.75, 3.05) is 17.2 Å². The highest BCUT2D eigenvalue weighted by atomic mass is 15.1. The van der Waals surface area contributed by atoms with E-state index < -0.39 is 0 Å². The van der Waals surface area contributed by atoms with E-state index in [0.29, 0.717) is 13.1 Å². The van der Waals surface area contributed by atoms with Crippen molar-refractivity contribution in [2.45, 2.75) is 13.5 Å². The van der Waals surface area contributed by atoms with Gasteiger partial charge in [-0.2, -0.15) is 0 Å². The molecule has 0 fully saturated rings. The third kappa shape index (κ3) is 4.06. The number of aromatic nitrogens is 3. The number of hydrogen-bond donors (Lipinski definition) is 2. The van der Waals surface area contributed by atoms with Crippen LogP contribution in [0.4, 0.5) is 11.6 Å². The summed E-state index contributed by atoms with van der Waals surface area (Å²) in [4.78, 5) is 12.7. The zero-order valence-corrected chi connectivity index (χ0v) is 10.9. The minimum Gasteiger partial charge on any atom is -0.366 e. The first-order valence-corrected chi connectivity index (χ1v) is 6.11. The van der Waals surface area contributed by atoms with Crippen LogP contribution in [0.15, 0.2) is 43.2 Å². The van der Waals surface area contributed by atoms with E-state index in [0.717, 1.165) is 23.0 Å². The molecule has 0 aliphatic carbocycles. The van der Waals surface area contributed by atoms with Crippen LogP contribution >= 0.6 is 0 Å². The Morgan fingerprint density at radius 2 is 2.05 bits per heavy atom.